The summed E-state index contributed by atoms with van der Waals surface area (Å²) < 4.78 is 5.79. The van der Waals surface area contributed by atoms with E-state index in [1.807, 2.05) is 6.07 Å². The van der Waals surface area contributed by atoms with E-state index in [1.54, 1.807) is 0 Å². The minimum atomic E-state index is 0.201. The highest BCUT2D eigenvalue weighted by atomic mass is 16.5. The molecule has 1 atom stereocenters. The van der Waals surface area contributed by atoms with Crippen LogP contribution in [0.2, 0.25) is 0 Å². The smallest absolute Gasteiger partial charge is 0.145 e. The Morgan fingerprint density at radius 1 is 1.38 bits per heavy atom. The van der Waals surface area contributed by atoms with E-state index >= 15 is 0 Å². The Bertz CT molecular complexity index is 479. The average molecular weight is 292 g/mol. The van der Waals surface area contributed by atoms with E-state index < -0.39 is 0 Å². The minimum Gasteiger partial charge on any atom is -0.374 e. The van der Waals surface area contributed by atoms with Gasteiger partial charge in [-0.3, -0.25) is 4.90 Å². The van der Waals surface area contributed by atoms with E-state index in [4.69, 9.17) is 10.6 Å². The van der Waals surface area contributed by atoms with Crippen LogP contribution in [0.15, 0.2) is 6.07 Å². The molecule has 0 radical (unpaired) electrons. The van der Waals surface area contributed by atoms with Crippen LogP contribution in [-0.4, -0.2) is 53.8 Å². The maximum atomic E-state index is 5.79. The van der Waals surface area contributed by atoms with E-state index in [9.17, 15) is 0 Å². The predicted octanol–water partition coefficient (Wildman–Crippen LogP) is 0.772. The van der Waals surface area contributed by atoms with Crippen molar-refractivity contribution in [2.24, 2.45) is 5.84 Å². The molecule has 2 heterocycles. The van der Waals surface area contributed by atoms with Gasteiger partial charge in [-0.1, -0.05) is 6.92 Å². The average Bonchev–Trinajstić information content (AvgIpc) is 3.37. The SMILES string of the molecule is CCN1CCOC(CNc2cc(NN)nc(C3CC3)n2)C1. The third kappa shape index (κ3) is 3.81. The number of nitrogens with zero attached hydrogens (tertiary/aromatic N) is 3. The first kappa shape index (κ1) is 14.5. The van der Waals surface area contributed by atoms with Crippen LogP contribution in [0, 0.1) is 0 Å². The Hall–Kier alpha value is -1.44. The predicted molar refractivity (Wildman–Crippen MR) is 82.2 cm³/mol. The van der Waals surface area contributed by atoms with Crippen LogP contribution < -0.4 is 16.6 Å². The largest absolute Gasteiger partial charge is 0.374 e. The number of nitrogens with one attached hydrogen (secondary N) is 2. The van der Waals surface area contributed by atoms with Crippen LogP contribution in [0.25, 0.3) is 0 Å². The molecule has 0 aromatic carbocycles. The van der Waals surface area contributed by atoms with Gasteiger partial charge >= 0.3 is 0 Å². The highest BCUT2D eigenvalue weighted by molar-refractivity contribution is 5.47. The Labute approximate surface area is 125 Å². The fraction of sp³-hybridized carbons (Fsp3) is 0.714. The molecule has 2 aliphatic rings. The van der Waals surface area contributed by atoms with E-state index in [0.29, 0.717) is 11.7 Å². The number of hydrogen-bond acceptors (Lipinski definition) is 7. The molecule has 1 aliphatic heterocycles. The zero-order valence-corrected chi connectivity index (χ0v) is 12.5. The van der Waals surface area contributed by atoms with Gasteiger partial charge in [-0.25, -0.2) is 15.8 Å². The molecule has 7 nitrogen and oxygen atoms in total. The molecule has 1 unspecified atom stereocenters. The van der Waals surface area contributed by atoms with Gasteiger partial charge in [-0.15, -0.1) is 0 Å². The first-order valence-electron chi connectivity index (χ1n) is 7.72. The van der Waals surface area contributed by atoms with Gasteiger partial charge < -0.3 is 15.5 Å². The molecule has 0 spiro atoms. The van der Waals surface area contributed by atoms with Crippen molar-refractivity contribution < 1.29 is 4.74 Å². The van der Waals surface area contributed by atoms with Crippen LogP contribution in [0.1, 0.15) is 31.5 Å². The number of nitrogens with two attached hydrogens (primary N) is 1. The highest BCUT2D eigenvalue weighted by Crippen LogP contribution is 2.38. The summed E-state index contributed by atoms with van der Waals surface area (Å²) in [5.74, 6) is 8.34. The normalized spacial score (nSPS) is 23.0. The van der Waals surface area contributed by atoms with Gasteiger partial charge in [-0.2, -0.15) is 0 Å². The molecule has 1 aromatic rings. The number of likely N-dealkylation sites (N-methyl/N-ethyl adjacent to an activating group) is 1. The fourth-order valence-electron chi connectivity index (χ4n) is 2.56. The third-order valence-corrected chi connectivity index (χ3v) is 4.01. The van der Waals surface area contributed by atoms with Crippen molar-refractivity contribution in [3.63, 3.8) is 0 Å². The third-order valence-electron chi connectivity index (χ3n) is 4.01. The maximum Gasteiger partial charge on any atom is 0.145 e. The van der Waals surface area contributed by atoms with Gasteiger partial charge in [0.1, 0.15) is 17.5 Å². The number of aromatic nitrogens is 2. The van der Waals surface area contributed by atoms with Crippen molar-refractivity contribution in [3.05, 3.63) is 11.9 Å². The molecule has 1 saturated heterocycles. The summed E-state index contributed by atoms with van der Waals surface area (Å²) in [6.07, 6.45) is 2.54. The highest BCUT2D eigenvalue weighted by Gasteiger charge is 2.27. The molecule has 116 valence electrons. The first-order chi connectivity index (χ1) is 10.3. The van der Waals surface area contributed by atoms with Crippen molar-refractivity contribution in [2.75, 3.05) is 43.5 Å². The number of hydrazine groups is 1. The molecular formula is C14H24N6O. The summed E-state index contributed by atoms with van der Waals surface area (Å²) in [6, 6.07) is 1.84. The Balaban J connectivity index is 1.60. The van der Waals surface area contributed by atoms with Crippen LogP contribution >= 0.6 is 0 Å². The number of nitrogen functional groups attached to an aromatic ring is 1. The summed E-state index contributed by atoms with van der Waals surface area (Å²) in [5.41, 5.74) is 2.61. The van der Waals surface area contributed by atoms with E-state index in [-0.39, 0.29) is 6.10 Å². The van der Waals surface area contributed by atoms with Gasteiger partial charge in [-0.05, 0) is 19.4 Å². The zero-order valence-electron chi connectivity index (χ0n) is 12.5. The maximum absolute atomic E-state index is 5.79. The number of anilines is 2. The van der Waals surface area contributed by atoms with Crippen LogP contribution in [0.4, 0.5) is 11.6 Å². The summed E-state index contributed by atoms with van der Waals surface area (Å²) >= 11 is 0. The summed E-state index contributed by atoms with van der Waals surface area (Å²) in [4.78, 5) is 11.4. The second-order valence-corrected chi connectivity index (χ2v) is 5.68. The lowest BCUT2D eigenvalue weighted by molar-refractivity contribution is -0.0192. The number of hydrogen-bond donors (Lipinski definition) is 3. The van der Waals surface area contributed by atoms with E-state index in [2.05, 4.69) is 32.5 Å². The lowest BCUT2D eigenvalue weighted by atomic mass is 10.2. The van der Waals surface area contributed by atoms with Gasteiger partial charge in [0.25, 0.3) is 0 Å². The Kier molecular flexibility index (Phi) is 4.52. The summed E-state index contributed by atoms with van der Waals surface area (Å²) in [5, 5.41) is 3.36. The second-order valence-electron chi connectivity index (χ2n) is 5.68. The lowest BCUT2D eigenvalue weighted by Crippen LogP contribution is -2.45. The van der Waals surface area contributed by atoms with E-state index in [0.717, 1.165) is 44.4 Å². The van der Waals surface area contributed by atoms with Crippen LogP contribution in [0.5, 0.6) is 0 Å². The Morgan fingerprint density at radius 3 is 2.90 bits per heavy atom. The fourth-order valence-corrected chi connectivity index (χ4v) is 2.56. The van der Waals surface area contributed by atoms with Crippen LogP contribution in [-0.2, 0) is 4.74 Å². The van der Waals surface area contributed by atoms with Crippen molar-refractivity contribution in [1.82, 2.24) is 14.9 Å². The van der Waals surface area contributed by atoms with Crippen molar-refractivity contribution in [1.29, 1.82) is 0 Å². The Morgan fingerprint density at radius 2 is 2.19 bits per heavy atom. The molecule has 4 N–H and O–H groups in total. The molecule has 7 heteroatoms. The van der Waals surface area contributed by atoms with Gasteiger partial charge in [0.2, 0.25) is 0 Å². The molecular weight excluding hydrogens is 268 g/mol. The van der Waals surface area contributed by atoms with Crippen molar-refractivity contribution in [2.45, 2.75) is 31.8 Å². The quantitative estimate of drug-likeness (QED) is 0.527. The summed E-state index contributed by atoms with van der Waals surface area (Å²) in [6.45, 7) is 6.79. The summed E-state index contributed by atoms with van der Waals surface area (Å²) in [7, 11) is 0. The molecule has 1 aliphatic carbocycles. The van der Waals surface area contributed by atoms with Crippen molar-refractivity contribution >= 4 is 11.6 Å². The van der Waals surface area contributed by atoms with Crippen molar-refractivity contribution in [3.8, 4) is 0 Å². The molecule has 1 saturated carbocycles. The van der Waals surface area contributed by atoms with Gasteiger partial charge in [0.05, 0.1) is 12.7 Å². The second kappa shape index (κ2) is 6.55. The molecule has 1 aromatic heterocycles. The monoisotopic (exact) mass is 292 g/mol. The van der Waals surface area contributed by atoms with E-state index in [1.165, 1.54) is 12.8 Å². The molecule has 2 fully saturated rings. The van der Waals surface area contributed by atoms with Crippen LogP contribution in [0.3, 0.4) is 0 Å². The number of morpholine rings is 1. The number of rotatable bonds is 6. The topological polar surface area (TPSA) is 88.3 Å². The molecule has 0 bridgehead atoms. The molecule has 21 heavy (non-hydrogen) atoms. The zero-order chi connectivity index (χ0) is 14.7. The number of ether oxygens (including phenoxy) is 1. The standard InChI is InChI=1S/C14H24N6O/c1-2-20-5-6-21-11(9-20)8-16-12-7-13(19-15)18-14(17-12)10-3-4-10/h7,10-11H,2-6,8-9,15H2,1H3,(H2,16,17,18,19). The first-order valence-corrected chi connectivity index (χ1v) is 7.72. The molecule has 0 amide bonds. The van der Waals surface area contributed by atoms with Gasteiger partial charge in [0, 0.05) is 31.6 Å². The minimum absolute atomic E-state index is 0.201. The molecule has 3 rings (SSSR count). The lowest BCUT2D eigenvalue weighted by Gasteiger charge is -2.32. The van der Waals surface area contributed by atoms with Gasteiger partial charge in [0.15, 0.2) is 0 Å².